The van der Waals surface area contributed by atoms with Gasteiger partial charge in [-0.3, -0.25) is 0 Å². The van der Waals surface area contributed by atoms with Crippen LogP contribution in [0.4, 0.5) is 5.69 Å². The molecule has 28 heavy (non-hydrogen) atoms. The number of sulfonamides is 1. The fourth-order valence-electron chi connectivity index (χ4n) is 3.26. The zero-order valence-electron chi connectivity index (χ0n) is 16.3. The number of esters is 1. The van der Waals surface area contributed by atoms with Crippen molar-refractivity contribution < 1.29 is 17.9 Å². The molecule has 0 amide bonds. The summed E-state index contributed by atoms with van der Waals surface area (Å²) in [6.07, 6.45) is 3.27. The summed E-state index contributed by atoms with van der Waals surface area (Å²) >= 11 is 0. The van der Waals surface area contributed by atoms with Crippen molar-refractivity contribution in [1.82, 2.24) is 4.31 Å². The van der Waals surface area contributed by atoms with Crippen LogP contribution in [0.3, 0.4) is 0 Å². The van der Waals surface area contributed by atoms with Crippen LogP contribution in [0.15, 0.2) is 53.4 Å². The number of piperidine rings is 1. The van der Waals surface area contributed by atoms with Crippen LogP contribution in [0.1, 0.15) is 35.2 Å². The Morgan fingerprint density at radius 2 is 1.71 bits per heavy atom. The minimum Gasteiger partial charge on any atom is -0.457 e. The van der Waals surface area contributed by atoms with Crippen LogP contribution in [-0.4, -0.2) is 45.9 Å². The van der Waals surface area contributed by atoms with E-state index in [-0.39, 0.29) is 11.5 Å². The fraction of sp³-hybridized carbons (Fsp3) is 0.381. The van der Waals surface area contributed by atoms with Crippen molar-refractivity contribution in [2.24, 2.45) is 0 Å². The first-order chi connectivity index (χ1) is 13.4. The first-order valence-electron chi connectivity index (χ1n) is 9.42. The molecule has 1 fully saturated rings. The van der Waals surface area contributed by atoms with E-state index in [2.05, 4.69) is 4.90 Å². The van der Waals surface area contributed by atoms with Gasteiger partial charge in [0.05, 0.1) is 16.1 Å². The second-order valence-corrected chi connectivity index (χ2v) is 9.23. The standard InChI is InChI=1S/C21H26N2O4S/c1-22(2)28(25,26)18-11-12-20(23-13-7-4-8-14-23)19(15-18)21(24)27-16-17-9-5-3-6-10-17/h3,5-6,9-12,15H,4,7-8,13-14,16H2,1-2H3. The average molecular weight is 403 g/mol. The molecule has 0 unspecified atom stereocenters. The molecule has 1 saturated heterocycles. The number of benzene rings is 2. The van der Waals surface area contributed by atoms with Gasteiger partial charge >= 0.3 is 5.97 Å². The molecule has 1 aliphatic rings. The molecule has 0 aromatic heterocycles. The maximum atomic E-state index is 12.9. The molecule has 0 N–H and O–H groups in total. The van der Waals surface area contributed by atoms with Gasteiger partial charge in [0, 0.05) is 27.2 Å². The Morgan fingerprint density at radius 3 is 2.36 bits per heavy atom. The van der Waals surface area contributed by atoms with Crippen molar-refractivity contribution in [3.63, 3.8) is 0 Å². The van der Waals surface area contributed by atoms with Crippen LogP contribution in [0.2, 0.25) is 0 Å². The molecule has 1 heterocycles. The SMILES string of the molecule is CN(C)S(=O)(=O)c1ccc(N2CCCCC2)c(C(=O)OCc2ccccc2)c1. The second kappa shape index (κ2) is 8.75. The first-order valence-corrected chi connectivity index (χ1v) is 10.9. The Morgan fingerprint density at radius 1 is 1.04 bits per heavy atom. The Hall–Kier alpha value is -2.38. The monoisotopic (exact) mass is 402 g/mol. The lowest BCUT2D eigenvalue weighted by molar-refractivity contribution is 0.0473. The zero-order valence-corrected chi connectivity index (χ0v) is 17.1. The first kappa shape index (κ1) is 20.4. The van der Waals surface area contributed by atoms with E-state index in [9.17, 15) is 13.2 Å². The normalized spacial score (nSPS) is 14.9. The molecule has 0 atom stereocenters. The molecule has 3 rings (SSSR count). The number of hydrogen-bond donors (Lipinski definition) is 0. The van der Waals surface area contributed by atoms with Crippen LogP contribution >= 0.6 is 0 Å². The summed E-state index contributed by atoms with van der Waals surface area (Å²) in [7, 11) is -0.693. The largest absolute Gasteiger partial charge is 0.457 e. The van der Waals surface area contributed by atoms with E-state index in [0.717, 1.165) is 47.9 Å². The summed E-state index contributed by atoms with van der Waals surface area (Å²) in [5, 5.41) is 0. The van der Waals surface area contributed by atoms with E-state index in [4.69, 9.17) is 4.74 Å². The Labute approximate surface area is 166 Å². The van der Waals surface area contributed by atoms with Crippen molar-refractivity contribution in [3.8, 4) is 0 Å². The van der Waals surface area contributed by atoms with Crippen LogP contribution in [0.25, 0.3) is 0 Å². The second-order valence-electron chi connectivity index (χ2n) is 7.08. The molecular formula is C21H26N2O4S. The minimum absolute atomic E-state index is 0.0879. The summed E-state index contributed by atoms with van der Waals surface area (Å²) in [5.41, 5.74) is 1.91. The van der Waals surface area contributed by atoms with Gasteiger partial charge in [0.15, 0.2) is 0 Å². The predicted octanol–water partition coefficient (Wildman–Crippen LogP) is 3.28. The molecular weight excluding hydrogens is 376 g/mol. The summed E-state index contributed by atoms with van der Waals surface area (Å²) < 4.78 is 31.7. The number of hydrogen-bond acceptors (Lipinski definition) is 5. The number of rotatable bonds is 6. The van der Waals surface area contributed by atoms with Crippen molar-refractivity contribution in [2.75, 3.05) is 32.1 Å². The quantitative estimate of drug-likeness (QED) is 0.694. The third-order valence-electron chi connectivity index (χ3n) is 4.88. The third kappa shape index (κ3) is 4.54. The maximum Gasteiger partial charge on any atom is 0.340 e. The predicted molar refractivity (Wildman–Crippen MR) is 109 cm³/mol. The summed E-state index contributed by atoms with van der Waals surface area (Å²) in [4.78, 5) is 15.1. The highest BCUT2D eigenvalue weighted by Crippen LogP contribution is 2.28. The van der Waals surface area contributed by atoms with Crippen LogP contribution in [0.5, 0.6) is 0 Å². The molecule has 2 aromatic carbocycles. The Balaban J connectivity index is 1.93. The lowest BCUT2D eigenvalue weighted by Gasteiger charge is -2.30. The highest BCUT2D eigenvalue weighted by Gasteiger charge is 2.24. The lowest BCUT2D eigenvalue weighted by atomic mass is 10.1. The summed E-state index contributed by atoms with van der Waals surface area (Å²) in [6.45, 7) is 1.83. The number of carbonyl (C=O) groups is 1. The van der Waals surface area contributed by atoms with E-state index in [1.807, 2.05) is 30.3 Å². The molecule has 150 valence electrons. The van der Waals surface area contributed by atoms with Crippen molar-refractivity contribution in [3.05, 3.63) is 59.7 Å². The maximum absolute atomic E-state index is 12.9. The van der Waals surface area contributed by atoms with Gasteiger partial charge in [-0.1, -0.05) is 30.3 Å². The molecule has 0 bridgehead atoms. The van der Waals surface area contributed by atoms with Gasteiger partial charge in [-0.25, -0.2) is 17.5 Å². The number of ether oxygens (including phenoxy) is 1. The number of nitrogens with zero attached hydrogens (tertiary/aromatic N) is 2. The van der Waals surface area contributed by atoms with Gasteiger partial charge in [0.1, 0.15) is 6.61 Å². The highest BCUT2D eigenvalue weighted by molar-refractivity contribution is 7.89. The Bertz CT molecular complexity index is 921. The smallest absolute Gasteiger partial charge is 0.340 e. The minimum atomic E-state index is -3.64. The van der Waals surface area contributed by atoms with E-state index in [1.165, 1.54) is 20.2 Å². The van der Waals surface area contributed by atoms with E-state index >= 15 is 0 Å². The van der Waals surface area contributed by atoms with E-state index in [1.54, 1.807) is 12.1 Å². The van der Waals surface area contributed by atoms with Gasteiger partial charge in [-0.15, -0.1) is 0 Å². The van der Waals surface area contributed by atoms with Gasteiger partial charge in [-0.2, -0.15) is 0 Å². The molecule has 0 radical (unpaired) electrons. The van der Waals surface area contributed by atoms with E-state index in [0.29, 0.717) is 5.56 Å². The van der Waals surface area contributed by atoms with Crippen molar-refractivity contribution >= 4 is 21.7 Å². The highest BCUT2D eigenvalue weighted by atomic mass is 32.2. The van der Waals surface area contributed by atoms with Crippen LogP contribution in [0, 0.1) is 0 Å². The number of carbonyl (C=O) groups excluding carboxylic acids is 1. The molecule has 0 spiro atoms. The molecule has 7 heteroatoms. The number of anilines is 1. The molecule has 0 aliphatic carbocycles. The topological polar surface area (TPSA) is 66.9 Å². The summed E-state index contributed by atoms with van der Waals surface area (Å²) in [5.74, 6) is -0.514. The molecule has 0 saturated carbocycles. The molecule has 6 nitrogen and oxygen atoms in total. The average Bonchev–Trinajstić information content (AvgIpc) is 2.72. The van der Waals surface area contributed by atoms with E-state index < -0.39 is 16.0 Å². The molecule has 1 aliphatic heterocycles. The summed E-state index contributed by atoms with van der Waals surface area (Å²) in [6, 6.07) is 14.1. The van der Waals surface area contributed by atoms with Crippen molar-refractivity contribution in [1.29, 1.82) is 0 Å². The van der Waals surface area contributed by atoms with Gasteiger partial charge in [-0.05, 0) is 43.0 Å². The fourth-order valence-corrected chi connectivity index (χ4v) is 4.19. The molecule has 2 aromatic rings. The third-order valence-corrected chi connectivity index (χ3v) is 6.69. The van der Waals surface area contributed by atoms with Crippen LogP contribution in [-0.2, 0) is 21.4 Å². The van der Waals surface area contributed by atoms with Crippen LogP contribution < -0.4 is 4.90 Å². The van der Waals surface area contributed by atoms with Crippen molar-refractivity contribution in [2.45, 2.75) is 30.8 Å². The zero-order chi connectivity index (χ0) is 20.1. The Kier molecular flexibility index (Phi) is 6.36. The lowest BCUT2D eigenvalue weighted by Crippen LogP contribution is -2.31. The van der Waals surface area contributed by atoms with Gasteiger partial charge < -0.3 is 9.64 Å². The van der Waals surface area contributed by atoms with Gasteiger partial charge in [0.2, 0.25) is 10.0 Å². The van der Waals surface area contributed by atoms with Gasteiger partial charge in [0.25, 0.3) is 0 Å².